The second kappa shape index (κ2) is 8.81. The van der Waals surface area contributed by atoms with Crippen molar-refractivity contribution < 1.29 is 4.42 Å². The first-order chi connectivity index (χ1) is 7.83. The minimum Gasteiger partial charge on any atom is -0.468 e. The monoisotopic (exact) mass is 294 g/mol. The maximum absolute atomic E-state index is 5.61. The number of furan rings is 1. The number of halogens is 2. The van der Waals surface area contributed by atoms with E-state index >= 15 is 0 Å². The van der Waals surface area contributed by atoms with Crippen molar-refractivity contribution in [3.05, 3.63) is 24.2 Å². The Morgan fingerprint density at radius 3 is 2.50 bits per heavy atom. The van der Waals surface area contributed by atoms with E-state index in [1.165, 1.54) is 6.42 Å². The second-order valence-corrected chi connectivity index (χ2v) is 4.63. The smallest absolute Gasteiger partial charge is 0.121 e. The van der Waals surface area contributed by atoms with Gasteiger partial charge in [0.2, 0.25) is 0 Å². The van der Waals surface area contributed by atoms with Crippen molar-refractivity contribution in [3.8, 4) is 0 Å². The normalized spacial score (nSPS) is 19.4. The van der Waals surface area contributed by atoms with E-state index in [1.807, 2.05) is 6.07 Å². The summed E-state index contributed by atoms with van der Waals surface area (Å²) >= 11 is 0. The van der Waals surface area contributed by atoms with Crippen molar-refractivity contribution in [2.45, 2.75) is 26.3 Å². The molecule has 1 aliphatic heterocycles. The van der Waals surface area contributed by atoms with Gasteiger partial charge in [0.1, 0.15) is 5.76 Å². The minimum absolute atomic E-state index is 0. The number of rotatable bonds is 4. The quantitative estimate of drug-likeness (QED) is 0.925. The van der Waals surface area contributed by atoms with Crippen molar-refractivity contribution in [1.82, 2.24) is 10.2 Å². The van der Waals surface area contributed by atoms with Crippen LogP contribution in [0.25, 0.3) is 0 Å². The molecule has 0 bridgehead atoms. The molecule has 0 aliphatic carbocycles. The predicted octanol–water partition coefficient (Wildman–Crippen LogP) is 3.12. The molecule has 0 aromatic carbocycles. The van der Waals surface area contributed by atoms with Gasteiger partial charge in [0, 0.05) is 26.2 Å². The van der Waals surface area contributed by atoms with Crippen LogP contribution in [0.2, 0.25) is 0 Å². The second-order valence-electron chi connectivity index (χ2n) is 4.63. The first-order valence-electron chi connectivity index (χ1n) is 6.31. The number of nitrogens with one attached hydrogen (secondary N) is 1. The number of hydrogen-bond acceptors (Lipinski definition) is 3. The van der Waals surface area contributed by atoms with Crippen LogP contribution in [-0.4, -0.2) is 31.1 Å². The van der Waals surface area contributed by atoms with Crippen LogP contribution >= 0.6 is 24.8 Å². The number of piperazine rings is 1. The summed E-state index contributed by atoms with van der Waals surface area (Å²) in [6, 6.07) is 4.55. The number of nitrogens with zero attached hydrogens (tertiary/aromatic N) is 1. The van der Waals surface area contributed by atoms with Gasteiger partial charge in [0.05, 0.1) is 12.3 Å². The van der Waals surface area contributed by atoms with Gasteiger partial charge in [-0.15, -0.1) is 24.8 Å². The molecular formula is C13H24Cl2N2O. The van der Waals surface area contributed by atoms with Crippen molar-refractivity contribution in [1.29, 1.82) is 0 Å². The van der Waals surface area contributed by atoms with Crippen LogP contribution in [0, 0.1) is 5.92 Å². The van der Waals surface area contributed by atoms with E-state index in [0.717, 1.165) is 31.9 Å². The van der Waals surface area contributed by atoms with Crippen molar-refractivity contribution in [2.24, 2.45) is 5.92 Å². The summed E-state index contributed by atoms with van der Waals surface area (Å²) in [4.78, 5) is 2.55. The van der Waals surface area contributed by atoms with Crippen molar-refractivity contribution >= 4 is 24.8 Å². The highest BCUT2D eigenvalue weighted by Gasteiger charge is 2.28. The Morgan fingerprint density at radius 2 is 2.00 bits per heavy atom. The maximum Gasteiger partial charge on any atom is 0.121 e. The topological polar surface area (TPSA) is 28.4 Å². The van der Waals surface area contributed by atoms with E-state index in [1.54, 1.807) is 6.26 Å². The molecule has 1 fully saturated rings. The summed E-state index contributed by atoms with van der Waals surface area (Å²) in [5, 5.41) is 3.40. The zero-order chi connectivity index (χ0) is 11.4. The summed E-state index contributed by atoms with van der Waals surface area (Å²) in [5.41, 5.74) is 0. The van der Waals surface area contributed by atoms with Crippen LogP contribution in [0.3, 0.4) is 0 Å². The standard InChI is InChI=1S/C13H22N2O.2ClH/c1-3-11(2)13(12-5-4-10-16-12)15-8-6-14-7-9-15;;/h4-5,10-11,13-14H,3,6-9H2,1-2H3;2*1H/t11?,13-;;/m0../s1. The molecule has 5 heteroatoms. The molecular weight excluding hydrogens is 271 g/mol. The zero-order valence-electron chi connectivity index (χ0n) is 11.1. The summed E-state index contributed by atoms with van der Waals surface area (Å²) in [6.07, 6.45) is 2.97. The van der Waals surface area contributed by atoms with E-state index in [-0.39, 0.29) is 24.8 Å². The van der Waals surface area contributed by atoms with Gasteiger partial charge in [-0.3, -0.25) is 4.90 Å². The van der Waals surface area contributed by atoms with E-state index in [2.05, 4.69) is 30.1 Å². The molecule has 2 heterocycles. The maximum atomic E-state index is 5.61. The largest absolute Gasteiger partial charge is 0.468 e. The lowest BCUT2D eigenvalue weighted by Crippen LogP contribution is -2.46. The average Bonchev–Trinajstić information content (AvgIpc) is 2.84. The minimum atomic E-state index is 0. The van der Waals surface area contributed by atoms with Gasteiger partial charge in [0.15, 0.2) is 0 Å². The first-order valence-corrected chi connectivity index (χ1v) is 6.31. The summed E-state index contributed by atoms with van der Waals surface area (Å²) in [5.74, 6) is 1.76. The van der Waals surface area contributed by atoms with Gasteiger partial charge in [-0.25, -0.2) is 0 Å². The first kappa shape index (κ1) is 17.8. The average molecular weight is 295 g/mol. The van der Waals surface area contributed by atoms with Gasteiger partial charge in [-0.05, 0) is 18.1 Å². The Bertz CT molecular complexity index is 300. The molecule has 1 aliphatic rings. The van der Waals surface area contributed by atoms with Crippen molar-refractivity contribution in [2.75, 3.05) is 26.2 Å². The molecule has 1 aromatic heterocycles. The lowest BCUT2D eigenvalue weighted by molar-refractivity contribution is 0.110. The van der Waals surface area contributed by atoms with Crippen LogP contribution < -0.4 is 5.32 Å². The molecule has 1 unspecified atom stereocenters. The predicted molar refractivity (Wildman–Crippen MR) is 79.8 cm³/mol. The third kappa shape index (κ3) is 4.16. The third-order valence-electron chi connectivity index (χ3n) is 3.56. The molecule has 1 saturated heterocycles. The Hall–Kier alpha value is -0.220. The fourth-order valence-corrected chi connectivity index (χ4v) is 2.46. The lowest BCUT2D eigenvalue weighted by atomic mass is 9.95. The molecule has 1 aromatic rings. The van der Waals surface area contributed by atoms with Crippen molar-refractivity contribution in [3.63, 3.8) is 0 Å². The van der Waals surface area contributed by atoms with Crippen LogP contribution in [0.15, 0.2) is 22.8 Å². The molecule has 0 saturated carbocycles. The summed E-state index contributed by atoms with van der Waals surface area (Å²) in [7, 11) is 0. The Labute approximate surface area is 122 Å². The van der Waals surface area contributed by atoms with Crippen LogP contribution in [0.1, 0.15) is 32.1 Å². The van der Waals surface area contributed by atoms with E-state index in [9.17, 15) is 0 Å². The van der Waals surface area contributed by atoms with Gasteiger partial charge in [0.25, 0.3) is 0 Å². The third-order valence-corrected chi connectivity index (χ3v) is 3.56. The van der Waals surface area contributed by atoms with E-state index in [0.29, 0.717) is 12.0 Å². The Balaban J connectivity index is 0.00000144. The Kier molecular flexibility index (Phi) is 8.70. The van der Waals surface area contributed by atoms with Gasteiger partial charge >= 0.3 is 0 Å². The molecule has 2 rings (SSSR count). The fourth-order valence-electron chi connectivity index (χ4n) is 2.46. The lowest BCUT2D eigenvalue weighted by Gasteiger charge is -2.36. The molecule has 3 nitrogen and oxygen atoms in total. The SMILES string of the molecule is CCC(C)[C@@H](c1ccco1)N1CCNCC1.Cl.Cl. The highest BCUT2D eigenvalue weighted by atomic mass is 35.5. The molecule has 0 amide bonds. The molecule has 2 atom stereocenters. The summed E-state index contributed by atoms with van der Waals surface area (Å²) in [6.45, 7) is 8.99. The van der Waals surface area contributed by atoms with Crippen LogP contribution in [0.5, 0.6) is 0 Å². The van der Waals surface area contributed by atoms with Gasteiger partial charge in [-0.2, -0.15) is 0 Å². The molecule has 106 valence electrons. The van der Waals surface area contributed by atoms with E-state index < -0.39 is 0 Å². The molecule has 18 heavy (non-hydrogen) atoms. The summed E-state index contributed by atoms with van der Waals surface area (Å²) < 4.78 is 5.61. The molecule has 0 spiro atoms. The molecule has 0 radical (unpaired) electrons. The highest BCUT2D eigenvalue weighted by molar-refractivity contribution is 5.85. The molecule has 1 N–H and O–H groups in total. The zero-order valence-corrected chi connectivity index (χ0v) is 12.7. The van der Waals surface area contributed by atoms with Gasteiger partial charge in [-0.1, -0.05) is 20.3 Å². The van der Waals surface area contributed by atoms with Crippen LogP contribution in [-0.2, 0) is 0 Å². The van der Waals surface area contributed by atoms with E-state index in [4.69, 9.17) is 4.42 Å². The Morgan fingerprint density at radius 1 is 1.33 bits per heavy atom. The van der Waals surface area contributed by atoms with Gasteiger partial charge < -0.3 is 9.73 Å². The number of hydrogen-bond donors (Lipinski definition) is 1. The van der Waals surface area contributed by atoms with Crippen LogP contribution in [0.4, 0.5) is 0 Å². The highest BCUT2D eigenvalue weighted by Crippen LogP contribution is 2.31. The fraction of sp³-hybridized carbons (Fsp3) is 0.692.